The van der Waals surface area contributed by atoms with Crippen molar-refractivity contribution in [3.63, 3.8) is 0 Å². The molecule has 0 bridgehead atoms. The second-order valence-corrected chi connectivity index (χ2v) is 6.29. The van der Waals surface area contributed by atoms with Crippen molar-refractivity contribution in [2.75, 3.05) is 26.3 Å². The number of aliphatic hydroxyl groups is 1. The van der Waals surface area contributed by atoms with Crippen molar-refractivity contribution in [1.29, 1.82) is 0 Å². The van der Waals surface area contributed by atoms with Gasteiger partial charge in [-0.3, -0.25) is 4.79 Å². The molecule has 0 saturated carbocycles. The summed E-state index contributed by atoms with van der Waals surface area (Å²) in [5.74, 6) is 0.0626. The highest BCUT2D eigenvalue weighted by molar-refractivity contribution is 5.77. The average molecular weight is 257 g/mol. The van der Waals surface area contributed by atoms with Crippen molar-refractivity contribution in [3.05, 3.63) is 0 Å². The second-order valence-electron chi connectivity index (χ2n) is 6.29. The van der Waals surface area contributed by atoms with E-state index in [0.29, 0.717) is 0 Å². The molecular weight excluding hydrogens is 230 g/mol. The zero-order valence-corrected chi connectivity index (χ0v) is 12.2. The highest BCUT2D eigenvalue weighted by atomic mass is 16.5. The predicted octanol–water partition coefficient (Wildman–Crippen LogP) is 1.81. The normalized spacial score (nSPS) is 19.9. The quantitative estimate of drug-likeness (QED) is 0.835. The molecule has 106 valence electrons. The van der Waals surface area contributed by atoms with Crippen molar-refractivity contribution in [3.8, 4) is 0 Å². The minimum atomic E-state index is -0.274. The summed E-state index contributed by atoms with van der Waals surface area (Å²) in [6, 6.07) is 0. The molecule has 1 N–H and O–H groups in total. The number of carbonyl (C=O) groups excluding carboxylic acids is 1. The summed E-state index contributed by atoms with van der Waals surface area (Å²) in [4.78, 5) is 13.8. The van der Waals surface area contributed by atoms with Gasteiger partial charge in [0, 0.05) is 19.7 Å². The maximum atomic E-state index is 12.0. The molecule has 4 nitrogen and oxygen atoms in total. The summed E-state index contributed by atoms with van der Waals surface area (Å²) in [5.41, 5.74) is -0.245. The standard InChI is InChI=1S/C14H27NO3/c1-5-14(11-16)6-8-15(9-7-14)12(17)10-18-13(2,3)4/h16H,5-11H2,1-4H3. The fraction of sp³-hybridized carbons (Fsp3) is 0.929. The van der Waals surface area contributed by atoms with Crippen LogP contribution in [0.3, 0.4) is 0 Å². The summed E-state index contributed by atoms with van der Waals surface area (Å²) < 4.78 is 5.51. The van der Waals surface area contributed by atoms with Gasteiger partial charge >= 0.3 is 0 Å². The van der Waals surface area contributed by atoms with E-state index in [0.717, 1.165) is 32.4 Å². The Kier molecular flexibility index (Phi) is 5.17. The average Bonchev–Trinajstić information content (AvgIpc) is 2.35. The van der Waals surface area contributed by atoms with Gasteiger partial charge < -0.3 is 14.7 Å². The molecule has 0 aromatic heterocycles. The van der Waals surface area contributed by atoms with Crippen LogP contribution < -0.4 is 0 Å². The molecule has 4 heteroatoms. The molecule has 0 atom stereocenters. The van der Waals surface area contributed by atoms with E-state index in [4.69, 9.17) is 4.74 Å². The van der Waals surface area contributed by atoms with Crippen LogP contribution in [0.15, 0.2) is 0 Å². The lowest BCUT2D eigenvalue weighted by Gasteiger charge is -2.40. The molecule has 1 amide bonds. The Labute approximate surface area is 110 Å². The lowest BCUT2D eigenvalue weighted by Crippen LogP contribution is -2.46. The highest BCUT2D eigenvalue weighted by Gasteiger charge is 2.33. The molecule has 1 aliphatic rings. The molecule has 0 aromatic rings. The number of nitrogens with zero attached hydrogens (tertiary/aromatic N) is 1. The molecule has 1 rings (SSSR count). The first-order valence-corrected chi connectivity index (χ1v) is 6.84. The van der Waals surface area contributed by atoms with Crippen LogP contribution in [-0.2, 0) is 9.53 Å². The third-order valence-electron chi connectivity index (χ3n) is 3.89. The van der Waals surface area contributed by atoms with Crippen LogP contribution >= 0.6 is 0 Å². The van der Waals surface area contributed by atoms with Gasteiger partial charge in [0.2, 0.25) is 5.91 Å². The van der Waals surface area contributed by atoms with E-state index in [9.17, 15) is 9.90 Å². The first-order chi connectivity index (χ1) is 8.32. The van der Waals surface area contributed by atoms with E-state index in [-0.39, 0.29) is 30.1 Å². The second kappa shape index (κ2) is 6.02. The minimum absolute atomic E-state index is 0.0294. The van der Waals surface area contributed by atoms with Crippen LogP contribution in [0, 0.1) is 5.41 Å². The van der Waals surface area contributed by atoms with E-state index >= 15 is 0 Å². The number of carbonyl (C=O) groups is 1. The van der Waals surface area contributed by atoms with Crippen molar-refractivity contribution in [1.82, 2.24) is 4.90 Å². The van der Waals surface area contributed by atoms with Crippen LogP contribution in [0.4, 0.5) is 0 Å². The van der Waals surface area contributed by atoms with Crippen LogP contribution in [0.5, 0.6) is 0 Å². The Balaban J connectivity index is 2.41. The molecule has 1 heterocycles. The first kappa shape index (κ1) is 15.4. The van der Waals surface area contributed by atoms with Gasteiger partial charge in [-0.1, -0.05) is 6.92 Å². The number of aliphatic hydroxyl groups excluding tert-OH is 1. The maximum Gasteiger partial charge on any atom is 0.248 e. The van der Waals surface area contributed by atoms with Crippen molar-refractivity contribution >= 4 is 5.91 Å². The monoisotopic (exact) mass is 257 g/mol. The van der Waals surface area contributed by atoms with Crippen LogP contribution in [0.1, 0.15) is 47.0 Å². The summed E-state index contributed by atoms with van der Waals surface area (Å²) in [6.45, 7) is 9.81. The molecule has 1 aliphatic heterocycles. The number of hydrogen-bond acceptors (Lipinski definition) is 3. The first-order valence-electron chi connectivity index (χ1n) is 6.84. The van der Waals surface area contributed by atoms with Crippen molar-refractivity contribution in [2.45, 2.75) is 52.6 Å². The van der Waals surface area contributed by atoms with E-state index in [2.05, 4.69) is 6.92 Å². The van der Waals surface area contributed by atoms with Crippen molar-refractivity contribution < 1.29 is 14.6 Å². The Morgan fingerprint density at radius 3 is 2.28 bits per heavy atom. The topological polar surface area (TPSA) is 49.8 Å². The Morgan fingerprint density at radius 2 is 1.89 bits per heavy atom. The van der Waals surface area contributed by atoms with Gasteiger partial charge in [-0.25, -0.2) is 0 Å². The van der Waals surface area contributed by atoms with Crippen LogP contribution in [0.2, 0.25) is 0 Å². The van der Waals surface area contributed by atoms with Gasteiger partial charge in [0.15, 0.2) is 0 Å². The number of rotatable bonds is 4. The lowest BCUT2D eigenvalue weighted by molar-refractivity contribution is -0.143. The molecule has 1 saturated heterocycles. The van der Waals surface area contributed by atoms with E-state index in [1.165, 1.54) is 0 Å². The number of piperidine rings is 1. The fourth-order valence-electron chi connectivity index (χ4n) is 2.22. The zero-order chi connectivity index (χ0) is 13.8. The number of hydrogen-bond donors (Lipinski definition) is 1. The molecule has 0 aliphatic carbocycles. The summed E-state index contributed by atoms with van der Waals surface area (Å²) in [7, 11) is 0. The van der Waals surface area contributed by atoms with E-state index in [1.54, 1.807) is 0 Å². The smallest absolute Gasteiger partial charge is 0.248 e. The third kappa shape index (κ3) is 4.25. The van der Waals surface area contributed by atoms with Gasteiger partial charge in [0.25, 0.3) is 0 Å². The largest absolute Gasteiger partial charge is 0.396 e. The van der Waals surface area contributed by atoms with Crippen molar-refractivity contribution in [2.24, 2.45) is 5.41 Å². The molecule has 0 aromatic carbocycles. The Morgan fingerprint density at radius 1 is 1.33 bits per heavy atom. The SMILES string of the molecule is CCC1(CO)CCN(C(=O)COC(C)(C)C)CC1. The fourth-order valence-corrected chi connectivity index (χ4v) is 2.22. The summed E-state index contributed by atoms with van der Waals surface area (Å²) >= 11 is 0. The number of amides is 1. The van der Waals surface area contributed by atoms with Gasteiger partial charge in [0.05, 0.1) is 5.60 Å². The van der Waals surface area contributed by atoms with E-state index < -0.39 is 0 Å². The van der Waals surface area contributed by atoms with Gasteiger partial charge in [-0.15, -0.1) is 0 Å². The number of likely N-dealkylation sites (tertiary alicyclic amines) is 1. The van der Waals surface area contributed by atoms with Gasteiger partial charge in [-0.05, 0) is 45.4 Å². The van der Waals surface area contributed by atoms with Crippen LogP contribution in [-0.4, -0.2) is 47.8 Å². The van der Waals surface area contributed by atoms with Gasteiger partial charge in [0.1, 0.15) is 6.61 Å². The predicted molar refractivity (Wildman–Crippen MR) is 71.3 cm³/mol. The molecule has 18 heavy (non-hydrogen) atoms. The minimum Gasteiger partial charge on any atom is -0.396 e. The molecule has 1 fully saturated rings. The molecule has 0 spiro atoms. The Hall–Kier alpha value is -0.610. The Bertz CT molecular complexity index is 269. The van der Waals surface area contributed by atoms with E-state index in [1.807, 2.05) is 25.7 Å². The zero-order valence-electron chi connectivity index (χ0n) is 12.2. The van der Waals surface area contributed by atoms with Crippen LogP contribution in [0.25, 0.3) is 0 Å². The summed E-state index contributed by atoms with van der Waals surface area (Å²) in [6.07, 6.45) is 2.76. The maximum absolute atomic E-state index is 12.0. The summed E-state index contributed by atoms with van der Waals surface area (Å²) in [5, 5.41) is 9.45. The lowest BCUT2D eigenvalue weighted by atomic mass is 9.77. The number of ether oxygens (including phenoxy) is 1. The highest BCUT2D eigenvalue weighted by Crippen LogP contribution is 2.34. The molecule has 0 unspecified atom stereocenters. The molecule has 0 radical (unpaired) electrons. The molecular formula is C14H27NO3. The van der Waals surface area contributed by atoms with Gasteiger partial charge in [-0.2, -0.15) is 0 Å². The third-order valence-corrected chi connectivity index (χ3v) is 3.89.